The van der Waals surface area contributed by atoms with Gasteiger partial charge in [-0.2, -0.15) is 0 Å². The first-order valence-electron chi connectivity index (χ1n) is 9.70. The molecule has 0 spiro atoms. The molecule has 2 aliphatic heterocycles. The molecule has 0 saturated carbocycles. The molecular formula is C21H21ClN4O3. The van der Waals surface area contributed by atoms with Gasteiger partial charge in [0.25, 0.3) is 0 Å². The number of nitrogens with zero attached hydrogens (tertiary/aromatic N) is 2. The van der Waals surface area contributed by atoms with E-state index in [0.29, 0.717) is 18.1 Å². The molecule has 1 aromatic heterocycles. The number of aromatic amines is 1. The van der Waals surface area contributed by atoms with Crippen LogP contribution in [0.1, 0.15) is 30.3 Å². The van der Waals surface area contributed by atoms with Crippen LogP contribution in [0.4, 0.5) is 0 Å². The van der Waals surface area contributed by atoms with Gasteiger partial charge < -0.3 is 19.8 Å². The Hall–Kier alpha value is -2.77. The van der Waals surface area contributed by atoms with Crippen molar-refractivity contribution >= 4 is 28.5 Å². The molecule has 0 radical (unpaired) electrons. The van der Waals surface area contributed by atoms with Gasteiger partial charge in [-0.15, -0.1) is 0 Å². The Kier molecular flexibility index (Phi) is 4.77. The SMILES string of the molecule is O=C(CN1CCCC1c1nc2ccc(Cl)cc2[nH]1)NCc1ccc2c(c1)OCO2. The molecule has 1 atom stereocenters. The van der Waals surface area contributed by atoms with Crippen molar-refractivity contribution in [1.29, 1.82) is 0 Å². The number of H-pyrrole nitrogens is 1. The third-order valence-corrected chi connectivity index (χ3v) is 5.65. The molecule has 0 aliphatic carbocycles. The average Bonchev–Trinajstić information content (AvgIpc) is 3.44. The molecule has 1 saturated heterocycles. The summed E-state index contributed by atoms with van der Waals surface area (Å²) in [4.78, 5) is 22.8. The Bertz CT molecular complexity index is 1070. The van der Waals surface area contributed by atoms with Crippen LogP contribution in [0.5, 0.6) is 11.5 Å². The fraction of sp³-hybridized carbons (Fsp3) is 0.333. The summed E-state index contributed by atoms with van der Waals surface area (Å²) >= 11 is 6.08. The van der Waals surface area contributed by atoms with E-state index in [-0.39, 0.29) is 18.7 Å². The largest absolute Gasteiger partial charge is 0.454 e. The zero-order valence-corrected chi connectivity index (χ0v) is 16.5. The quantitative estimate of drug-likeness (QED) is 0.671. The first kappa shape index (κ1) is 18.3. The summed E-state index contributed by atoms with van der Waals surface area (Å²) in [6, 6.07) is 11.4. The molecule has 8 heteroatoms. The Labute approximate surface area is 173 Å². The van der Waals surface area contributed by atoms with Crippen molar-refractivity contribution < 1.29 is 14.3 Å². The Morgan fingerprint density at radius 3 is 3.07 bits per heavy atom. The number of nitrogens with one attached hydrogen (secondary N) is 2. The molecule has 3 aromatic rings. The van der Waals surface area contributed by atoms with E-state index in [4.69, 9.17) is 26.1 Å². The number of ether oxygens (including phenoxy) is 2. The van der Waals surface area contributed by atoms with Crippen LogP contribution in [0.25, 0.3) is 11.0 Å². The van der Waals surface area contributed by atoms with Crippen molar-refractivity contribution in [2.45, 2.75) is 25.4 Å². The minimum absolute atomic E-state index is 0.00581. The van der Waals surface area contributed by atoms with Crippen LogP contribution in [-0.2, 0) is 11.3 Å². The number of hydrogen-bond donors (Lipinski definition) is 2. The highest BCUT2D eigenvalue weighted by molar-refractivity contribution is 6.31. The molecule has 1 fully saturated rings. The van der Waals surface area contributed by atoms with Crippen LogP contribution in [0, 0.1) is 0 Å². The lowest BCUT2D eigenvalue weighted by Crippen LogP contribution is -2.36. The number of carbonyl (C=O) groups is 1. The van der Waals surface area contributed by atoms with Crippen LogP contribution in [0.3, 0.4) is 0 Å². The number of benzene rings is 2. The maximum Gasteiger partial charge on any atom is 0.234 e. The Balaban J connectivity index is 1.22. The second-order valence-corrected chi connectivity index (χ2v) is 7.81. The van der Waals surface area contributed by atoms with Gasteiger partial charge in [-0.1, -0.05) is 17.7 Å². The fourth-order valence-corrected chi connectivity index (χ4v) is 4.15. The minimum atomic E-state index is -0.00581. The Morgan fingerprint density at radius 2 is 2.14 bits per heavy atom. The molecule has 29 heavy (non-hydrogen) atoms. The van der Waals surface area contributed by atoms with E-state index in [0.717, 1.165) is 53.3 Å². The predicted molar refractivity (Wildman–Crippen MR) is 109 cm³/mol. The number of amides is 1. The van der Waals surface area contributed by atoms with Gasteiger partial charge in [-0.3, -0.25) is 9.69 Å². The normalized spacial score (nSPS) is 18.4. The van der Waals surface area contributed by atoms with Crippen LogP contribution >= 0.6 is 11.6 Å². The number of halogens is 1. The standard InChI is InChI=1S/C21H21ClN4O3/c22-14-4-5-15-16(9-14)25-21(24-15)17-2-1-7-26(17)11-20(27)23-10-13-3-6-18-19(8-13)29-12-28-18/h3-6,8-9,17H,1-2,7,10-12H2,(H,23,27)(H,24,25). The number of likely N-dealkylation sites (tertiary alicyclic amines) is 1. The van der Waals surface area contributed by atoms with Gasteiger partial charge in [0.2, 0.25) is 12.7 Å². The van der Waals surface area contributed by atoms with Crippen LogP contribution in [0.2, 0.25) is 5.02 Å². The second-order valence-electron chi connectivity index (χ2n) is 7.38. The monoisotopic (exact) mass is 412 g/mol. The van der Waals surface area contributed by atoms with Crippen LogP contribution < -0.4 is 14.8 Å². The lowest BCUT2D eigenvalue weighted by atomic mass is 10.2. The van der Waals surface area contributed by atoms with E-state index in [9.17, 15) is 4.79 Å². The summed E-state index contributed by atoms with van der Waals surface area (Å²) in [6.07, 6.45) is 2.01. The Morgan fingerprint density at radius 1 is 1.24 bits per heavy atom. The lowest BCUT2D eigenvalue weighted by Gasteiger charge is -2.22. The summed E-state index contributed by atoms with van der Waals surface area (Å²) < 4.78 is 10.7. The van der Waals surface area contributed by atoms with E-state index < -0.39 is 0 Å². The lowest BCUT2D eigenvalue weighted by molar-refractivity contribution is -0.122. The number of imidazole rings is 1. The highest BCUT2D eigenvalue weighted by atomic mass is 35.5. The molecule has 2 N–H and O–H groups in total. The molecule has 3 heterocycles. The summed E-state index contributed by atoms with van der Waals surface area (Å²) in [5, 5.41) is 3.68. The summed E-state index contributed by atoms with van der Waals surface area (Å²) in [6.45, 7) is 1.92. The van der Waals surface area contributed by atoms with Crippen molar-refractivity contribution in [1.82, 2.24) is 20.2 Å². The smallest absolute Gasteiger partial charge is 0.234 e. The van der Waals surface area contributed by atoms with Gasteiger partial charge >= 0.3 is 0 Å². The zero-order chi connectivity index (χ0) is 19.8. The molecule has 5 rings (SSSR count). The van der Waals surface area contributed by atoms with Crippen molar-refractivity contribution in [2.24, 2.45) is 0 Å². The molecule has 1 unspecified atom stereocenters. The van der Waals surface area contributed by atoms with E-state index >= 15 is 0 Å². The molecular weight excluding hydrogens is 392 g/mol. The van der Waals surface area contributed by atoms with Crippen LogP contribution in [0.15, 0.2) is 36.4 Å². The summed E-state index contributed by atoms with van der Waals surface area (Å²) in [5.74, 6) is 2.35. The maximum atomic E-state index is 12.5. The first-order valence-corrected chi connectivity index (χ1v) is 10.1. The van der Waals surface area contributed by atoms with Gasteiger partial charge in [0, 0.05) is 11.6 Å². The third kappa shape index (κ3) is 3.75. The zero-order valence-electron chi connectivity index (χ0n) is 15.8. The van der Waals surface area contributed by atoms with Gasteiger partial charge in [0.1, 0.15) is 5.82 Å². The minimum Gasteiger partial charge on any atom is -0.454 e. The predicted octanol–water partition coefficient (Wildman–Crippen LogP) is 3.40. The highest BCUT2D eigenvalue weighted by Gasteiger charge is 2.30. The maximum absolute atomic E-state index is 12.5. The first-order chi connectivity index (χ1) is 14.2. The molecule has 150 valence electrons. The molecule has 0 bridgehead atoms. The molecule has 1 amide bonds. The molecule has 2 aliphatic rings. The second kappa shape index (κ2) is 7.57. The van der Waals surface area contributed by atoms with Crippen LogP contribution in [-0.4, -0.2) is 40.7 Å². The number of fused-ring (bicyclic) bond motifs is 2. The van der Waals surface area contributed by atoms with E-state index in [1.807, 2.05) is 36.4 Å². The number of carbonyl (C=O) groups excluding carboxylic acids is 1. The van der Waals surface area contributed by atoms with Crippen molar-refractivity contribution in [3.63, 3.8) is 0 Å². The number of aromatic nitrogens is 2. The van der Waals surface area contributed by atoms with E-state index in [1.54, 1.807) is 0 Å². The van der Waals surface area contributed by atoms with Crippen molar-refractivity contribution in [3.05, 3.63) is 52.8 Å². The summed E-state index contributed by atoms with van der Waals surface area (Å²) in [5.41, 5.74) is 2.80. The fourth-order valence-electron chi connectivity index (χ4n) is 3.98. The molecule has 7 nitrogen and oxygen atoms in total. The summed E-state index contributed by atoms with van der Waals surface area (Å²) in [7, 11) is 0. The van der Waals surface area contributed by atoms with E-state index in [1.165, 1.54) is 0 Å². The molecule has 2 aromatic carbocycles. The van der Waals surface area contributed by atoms with Gasteiger partial charge in [0.05, 0.1) is 23.6 Å². The highest BCUT2D eigenvalue weighted by Crippen LogP contribution is 2.33. The topological polar surface area (TPSA) is 79.5 Å². The van der Waals surface area contributed by atoms with E-state index in [2.05, 4.69) is 15.2 Å². The van der Waals surface area contributed by atoms with Gasteiger partial charge in [0.15, 0.2) is 11.5 Å². The van der Waals surface area contributed by atoms with Gasteiger partial charge in [-0.05, 0) is 55.3 Å². The number of rotatable bonds is 5. The average molecular weight is 413 g/mol. The van der Waals surface area contributed by atoms with Crippen molar-refractivity contribution in [2.75, 3.05) is 19.9 Å². The number of hydrogen-bond acceptors (Lipinski definition) is 5. The third-order valence-electron chi connectivity index (χ3n) is 5.41. The van der Waals surface area contributed by atoms with Crippen molar-refractivity contribution in [3.8, 4) is 11.5 Å². The van der Waals surface area contributed by atoms with Gasteiger partial charge in [-0.25, -0.2) is 4.98 Å².